The minimum Gasteiger partial charge on any atom is -0.393 e. The maximum Gasteiger partial charge on any atom is 0.0699 e. The third-order valence-corrected chi connectivity index (χ3v) is 11.7. The molecule has 0 amide bonds. The van der Waals surface area contributed by atoms with Crippen molar-refractivity contribution in [2.75, 3.05) is 0 Å². The second kappa shape index (κ2) is 8.39. The van der Waals surface area contributed by atoms with Crippen LogP contribution in [0.5, 0.6) is 0 Å². The third-order valence-electron chi connectivity index (χ3n) is 10.2. The van der Waals surface area contributed by atoms with E-state index in [0.29, 0.717) is 17.3 Å². The van der Waals surface area contributed by atoms with Crippen molar-refractivity contribution in [3.8, 4) is 0 Å². The fraction of sp³-hybridized carbons (Fsp3) is 1.00. The number of rotatable bonds is 5. The molecule has 0 aromatic rings. The molecular formula is C26H45BrO2. The van der Waals surface area contributed by atoms with Crippen molar-refractivity contribution in [3.05, 3.63) is 0 Å². The molecule has 0 aliphatic heterocycles. The highest BCUT2D eigenvalue weighted by Gasteiger charge is 2.62. The molecular weight excluding hydrogens is 421 g/mol. The van der Waals surface area contributed by atoms with E-state index < -0.39 is 0 Å². The summed E-state index contributed by atoms with van der Waals surface area (Å²) >= 11 is 3.99. The number of hydrogen-bond donors (Lipinski definition) is 2. The Bertz CT molecular complexity index is 579. The van der Waals surface area contributed by atoms with E-state index in [1.54, 1.807) is 0 Å². The monoisotopic (exact) mass is 466 g/mol. The second-order valence-electron chi connectivity index (χ2n) is 12.2. The van der Waals surface area contributed by atoms with Gasteiger partial charge in [0.05, 0.1) is 16.5 Å². The molecule has 0 spiro atoms. The maximum absolute atomic E-state index is 11.2. The molecule has 0 saturated heterocycles. The molecule has 4 rings (SSSR count). The van der Waals surface area contributed by atoms with Crippen molar-refractivity contribution in [3.63, 3.8) is 0 Å². The van der Waals surface area contributed by atoms with E-state index in [4.69, 9.17) is 0 Å². The molecule has 4 saturated carbocycles. The fourth-order valence-corrected chi connectivity index (χ4v) is 9.94. The number of halogens is 1. The lowest BCUT2D eigenvalue weighted by Gasteiger charge is -2.60. The largest absolute Gasteiger partial charge is 0.393 e. The van der Waals surface area contributed by atoms with Crippen LogP contribution < -0.4 is 0 Å². The number of aliphatic hydroxyl groups excluding tert-OH is 2. The highest BCUT2D eigenvalue weighted by molar-refractivity contribution is 9.10. The lowest BCUT2D eigenvalue weighted by molar-refractivity contribution is -0.113. The topological polar surface area (TPSA) is 40.5 Å². The Morgan fingerprint density at radius 3 is 2.38 bits per heavy atom. The van der Waals surface area contributed by atoms with Crippen molar-refractivity contribution >= 4 is 15.9 Å². The van der Waals surface area contributed by atoms with Gasteiger partial charge in [0, 0.05) is 0 Å². The van der Waals surface area contributed by atoms with Crippen LogP contribution in [0.1, 0.15) is 98.3 Å². The zero-order chi connectivity index (χ0) is 21.0. The van der Waals surface area contributed by atoms with Crippen molar-refractivity contribution in [2.24, 2.45) is 46.8 Å². The van der Waals surface area contributed by atoms with E-state index in [-0.39, 0.29) is 16.5 Å². The van der Waals surface area contributed by atoms with E-state index in [1.165, 1.54) is 44.9 Å². The molecule has 0 aromatic heterocycles. The summed E-state index contributed by atoms with van der Waals surface area (Å²) in [4.78, 5) is 0. The first kappa shape index (κ1) is 22.6. The third kappa shape index (κ3) is 3.88. The van der Waals surface area contributed by atoms with E-state index in [9.17, 15) is 10.2 Å². The Kier molecular flexibility index (Phi) is 6.54. The van der Waals surface area contributed by atoms with Gasteiger partial charge in [-0.25, -0.2) is 0 Å². The zero-order valence-electron chi connectivity index (χ0n) is 19.2. The van der Waals surface area contributed by atoms with Gasteiger partial charge in [-0.05, 0) is 98.2 Å². The molecule has 10 atom stereocenters. The second-order valence-corrected chi connectivity index (χ2v) is 13.7. The zero-order valence-corrected chi connectivity index (χ0v) is 20.8. The smallest absolute Gasteiger partial charge is 0.0699 e. The molecule has 0 radical (unpaired) electrons. The van der Waals surface area contributed by atoms with Crippen LogP contribution >= 0.6 is 15.9 Å². The van der Waals surface area contributed by atoms with Crippen LogP contribution in [0.4, 0.5) is 0 Å². The first-order valence-corrected chi connectivity index (χ1v) is 13.5. The Morgan fingerprint density at radius 1 is 0.931 bits per heavy atom. The number of alkyl halides is 1. The quantitative estimate of drug-likeness (QED) is 0.450. The van der Waals surface area contributed by atoms with Gasteiger partial charge in [0.1, 0.15) is 0 Å². The molecule has 0 bridgehead atoms. The number of aliphatic hydroxyl groups is 2. The Hall–Kier alpha value is 0.400. The first-order chi connectivity index (χ1) is 13.7. The summed E-state index contributed by atoms with van der Waals surface area (Å²) in [6.45, 7) is 9.85. The van der Waals surface area contributed by atoms with Crippen molar-refractivity contribution in [2.45, 2.75) is 115 Å². The molecule has 3 heteroatoms. The Labute approximate surface area is 187 Å². The summed E-state index contributed by atoms with van der Waals surface area (Å²) in [5.41, 5.74) is 0.485. The van der Waals surface area contributed by atoms with Crippen LogP contribution in [-0.2, 0) is 0 Å². The molecule has 0 heterocycles. The average Bonchev–Trinajstić information content (AvgIpc) is 2.99. The van der Waals surface area contributed by atoms with E-state index in [2.05, 4.69) is 43.6 Å². The van der Waals surface area contributed by atoms with E-state index in [0.717, 1.165) is 55.3 Å². The summed E-state index contributed by atoms with van der Waals surface area (Å²) in [7, 11) is 0. The number of hydrogen-bond acceptors (Lipinski definition) is 2. The van der Waals surface area contributed by atoms with Gasteiger partial charge < -0.3 is 10.2 Å². The summed E-state index contributed by atoms with van der Waals surface area (Å²) in [6.07, 6.45) is 12.8. The van der Waals surface area contributed by atoms with Gasteiger partial charge in [-0.15, -0.1) is 0 Å². The van der Waals surface area contributed by atoms with Gasteiger partial charge in [0.15, 0.2) is 0 Å². The summed E-state index contributed by atoms with van der Waals surface area (Å²) < 4.78 is -0.234. The van der Waals surface area contributed by atoms with E-state index >= 15 is 0 Å². The van der Waals surface area contributed by atoms with Gasteiger partial charge in [-0.3, -0.25) is 0 Å². The van der Waals surface area contributed by atoms with Gasteiger partial charge in [0.25, 0.3) is 0 Å². The molecule has 0 aromatic carbocycles. The minimum absolute atomic E-state index is 0.234. The molecule has 4 aliphatic rings. The van der Waals surface area contributed by atoms with Crippen molar-refractivity contribution in [1.82, 2.24) is 0 Å². The van der Waals surface area contributed by atoms with Gasteiger partial charge in [-0.2, -0.15) is 0 Å². The summed E-state index contributed by atoms with van der Waals surface area (Å²) in [5, 5.41) is 21.5. The van der Waals surface area contributed by atoms with Gasteiger partial charge in [0.2, 0.25) is 0 Å². The highest BCUT2D eigenvalue weighted by atomic mass is 76.9. The van der Waals surface area contributed by atoms with Crippen LogP contribution in [0, 0.1) is 46.8 Å². The number of fused-ring (bicyclic) bond motifs is 5. The first-order valence-electron chi connectivity index (χ1n) is 12.7. The summed E-state index contributed by atoms with van der Waals surface area (Å²) in [6, 6.07) is 0. The Morgan fingerprint density at radius 2 is 1.66 bits per heavy atom. The predicted octanol–water partition coefficient (Wildman–Crippen LogP) is 6.57. The minimum atomic E-state index is -0.298. The van der Waals surface area contributed by atoms with Crippen LogP contribution in [0.25, 0.3) is 0 Å². The average molecular weight is 467 g/mol. The maximum atomic E-state index is 11.2. The molecule has 168 valence electrons. The van der Waals surface area contributed by atoms with Crippen molar-refractivity contribution in [1.29, 1.82) is 0 Å². The lowest BCUT2D eigenvalue weighted by atomic mass is 9.48. The molecule has 2 nitrogen and oxygen atoms in total. The fourth-order valence-electron chi connectivity index (χ4n) is 8.81. The van der Waals surface area contributed by atoms with Crippen LogP contribution in [0.3, 0.4) is 0 Å². The predicted molar refractivity (Wildman–Crippen MR) is 124 cm³/mol. The van der Waals surface area contributed by atoms with Crippen LogP contribution in [0.15, 0.2) is 0 Å². The van der Waals surface area contributed by atoms with Crippen LogP contribution in [-0.4, -0.2) is 26.7 Å². The molecule has 4 aliphatic carbocycles. The summed E-state index contributed by atoms with van der Waals surface area (Å²) in [5.74, 6) is 5.34. The molecule has 2 N–H and O–H groups in total. The van der Waals surface area contributed by atoms with Crippen molar-refractivity contribution < 1.29 is 10.2 Å². The van der Waals surface area contributed by atoms with Gasteiger partial charge >= 0.3 is 0 Å². The standard InChI is InChI=1S/C26H45BrO2/c1-16(2)6-5-7-17(3)21-10-11-22-20-14-24(29)26(27)15-18(28)8-9-23(26)19(20)12-13-25(21,22)4/h16-24,28-29H,5-15H2,1-4H3/t17-,18+,19+,20-,21-,22+,23?,24-,25-,26-/m1/s1/i27-3. The van der Waals surface area contributed by atoms with Gasteiger partial charge in [-0.1, -0.05) is 62.9 Å². The highest BCUT2D eigenvalue weighted by Crippen LogP contribution is 2.67. The molecule has 29 heavy (non-hydrogen) atoms. The SMILES string of the molecule is CC(C)CCC[C@@H](C)[C@H]1CC[C@H]2[C@@H]3C[C@@H](O)[C@@]4([77Br])C[C@@H](O)CCC4[C@H]3CC[C@]12C. The van der Waals surface area contributed by atoms with E-state index in [1.807, 2.05) is 0 Å². The lowest BCUT2D eigenvalue weighted by Crippen LogP contribution is -2.60. The van der Waals surface area contributed by atoms with Crippen LogP contribution in [0.2, 0.25) is 0 Å². The normalized spacial score (nSPS) is 50.7. The molecule has 1 unspecified atom stereocenters. The molecule has 4 fully saturated rings. The Balaban J connectivity index is 1.49.